The number of fused-ring (bicyclic) bond motifs is 1. The Morgan fingerprint density at radius 1 is 1.04 bits per heavy atom. The van der Waals surface area contributed by atoms with Gasteiger partial charge in [-0.15, -0.1) is 0 Å². The highest BCUT2D eigenvalue weighted by atomic mass is 32.2. The number of carboxylic acid groups (broad SMARTS) is 1. The van der Waals surface area contributed by atoms with Crippen LogP contribution in [0.25, 0.3) is 17.2 Å². The lowest BCUT2D eigenvalue weighted by Gasteiger charge is -2.05. The lowest BCUT2D eigenvalue weighted by atomic mass is 10.0. The minimum Gasteiger partial charge on any atom is -0.481 e. The first-order valence-corrected chi connectivity index (χ1v) is 9.59. The van der Waals surface area contributed by atoms with Crippen molar-refractivity contribution in [3.8, 4) is 0 Å². The lowest BCUT2D eigenvalue weighted by Crippen LogP contribution is -1.88. The number of halogens is 1. The van der Waals surface area contributed by atoms with Crippen LogP contribution in [0, 0.1) is 5.82 Å². The van der Waals surface area contributed by atoms with Gasteiger partial charge in [0.15, 0.2) is 0 Å². The molecule has 1 aliphatic carbocycles. The molecule has 0 amide bonds. The number of aliphatic carboxylic acids is 1. The van der Waals surface area contributed by atoms with Gasteiger partial charge in [-0.3, -0.25) is 9.00 Å². The molecule has 3 nitrogen and oxygen atoms in total. The minimum absolute atomic E-state index is 0.207. The number of allylic oxidation sites excluding steroid dienone is 3. The Hall–Kier alpha value is -2.53. The van der Waals surface area contributed by atoms with Crippen LogP contribution in [0.2, 0.25) is 0 Å². The summed E-state index contributed by atoms with van der Waals surface area (Å²) in [7, 11) is -0.964. The molecular weight excluding hydrogens is 351 g/mol. The van der Waals surface area contributed by atoms with E-state index in [0.29, 0.717) is 0 Å². The van der Waals surface area contributed by atoms with Gasteiger partial charge in [-0.25, -0.2) is 4.39 Å². The van der Waals surface area contributed by atoms with Gasteiger partial charge in [-0.1, -0.05) is 18.2 Å². The summed E-state index contributed by atoms with van der Waals surface area (Å²) in [6, 6.07) is 12.6. The molecule has 0 saturated heterocycles. The summed E-state index contributed by atoms with van der Waals surface area (Å²) in [5.74, 6) is -1.04. The summed E-state index contributed by atoms with van der Waals surface area (Å²) in [4.78, 5) is 9.82. The highest BCUT2D eigenvalue weighted by Gasteiger charge is 2.21. The number of hydrogen-bond donors (Lipinski definition) is 1. The molecule has 26 heavy (non-hydrogen) atoms. The van der Waals surface area contributed by atoms with Crippen molar-refractivity contribution in [3.05, 3.63) is 70.5 Å². The Balaban J connectivity index is 0.000000552. The molecule has 136 valence electrons. The van der Waals surface area contributed by atoms with Gasteiger partial charge in [0.25, 0.3) is 5.97 Å². The average Bonchev–Trinajstić information content (AvgIpc) is 2.79. The summed E-state index contributed by atoms with van der Waals surface area (Å²) < 4.78 is 24.9. The molecule has 0 aliphatic heterocycles. The monoisotopic (exact) mass is 372 g/mol. The largest absolute Gasteiger partial charge is 0.481 e. The van der Waals surface area contributed by atoms with E-state index in [-0.39, 0.29) is 5.82 Å². The molecule has 2 aromatic carbocycles. The second-order valence-electron chi connectivity index (χ2n) is 6.04. The molecule has 1 unspecified atom stereocenters. The van der Waals surface area contributed by atoms with Crippen LogP contribution < -0.4 is 0 Å². The molecule has 1 N–H and O–H groups in total. The van der Waals surface area contributed by atoms with Crippen molar-refractivity contribution in [2.75, 3.05) is 6.26 Å². The predicted molar refractivity (Wildman–Crippen MR) is 105 cm³/mol. The van der Waals surface area contributed by atoms with Crippen LogP contribution in [0.5, 0.6) is 0 Å². The van der Waals surface area contributed by atoms with Gasteiger partial charge in [-0.05, 0) is 77.6 Å². The van der Waals surface area contributed by atoms with Crippen molar-refractivity contribution in [1.29, 1.82) is 0 Å². The third-order valence-corrected chi connectivity index (χ3v) is 5.10. The van der Waals surface area contributed by atoms with Gasteiger partial charge in [0.2, 0.25) is 0 Å². The maximum Gasteiger partial charge on any atom is 0.300 e. The quantitative estimate of drug-likeness (QED) is 0.807. The fourth-order valence-electron chi connectivity index (χ4n) is 2.78. The van der Waals surface area contributed by atoms with Crippen molar-refractivity contribution >= 4 is 34.0 Å². The first-order valence-electron chi connectivity index (χ1n) is 8.03. The van der Waals surface area contributed by atoms with Gasteiger partial charge in [0.05, 0.1) is 0 Å². The van der Waals surface area contributed by atoms with E-state index in [1.54, 1.807) is 12.3 Å². The van der Waals surface area contributed by atoms with Gasteiger partial charge in [0.1, 0.15) is 5.82 Å². The van der Waals surface area contributed by atoms with E-state index in [2.05, 4.69) is 13.0 Å². The van der Waals surface area contributed by atoms with Crippen LogP contribution in [-0.4, -0.2) is 21.5 Å². The first kappa shape index (κ1) is 19.8. The lowest BCUT2D eigenvalue weighted by molar-refractivity contribution is -0.134. The van der Waals surface area contributed by atoms with Gasteiger partial charge >= 0.3 is 0 Å². The van der Waals surface area contributed by atoms with Crippen LogP contribution in [0.1, 0.15) is 37.5 Å². The fraction of sp³-hybridized carbons (Fsp3) is 0.190. The van der Waals surface area contributed by atoms with Crippen molar-refractivity contribution < 1.29 is 18.5 Å². The van der Waals surface area contributed by atoms with Crippen LogP contribution in [0.15, 0.2) is 52.9 Å². The number of benzene rings is 2. The Morgan fingerprint density at radius 3 is 2.15 bits per heavy atom. The van der Waals surface area contributed by atoms with Crippen molar-refractivity contribution in [3.63, 3.8) is 0 Å². The van der Waals surface area contributed by atoms with E-state index in [9.17, 15) is 8.60 Å². The first-order chi connectivity index (χ1) is 12.2. The van der Waals surface area contributed by atoms with E-state index in [4.69, 9.17) is 9.90 Å². The van der Waals surface area contributed by atoms with Gasteiger partial charge in [-0.2, -0.15) is 0 Å². The molecular formula is C21H21FO3S. The minimum atomic E-state index is -0.964. The second-order valence-corrected chi connectivity index (χ2v) is 7.42. The van der Waals surface area contributed by atoms with E-state index in [1.807, 2.05) is 37.3 Å². The summed E-state index contributed by atoms with van der Waals surface area (Å²) in [5.41, 5.74) is 6.50. The Labute approximate surface area is 155 Å². The van der Waals surface area contributed by atoms with E-state index >= 15 is 0 Å². The number of carbonyl (C=O) groups is 1. The summed E-state index contributed by atoms with van der Waals surface area (Å²) in [5, 5.41) is 7.42. The molecule has 2 aromatic rings. The summed E-state index contributed by atoms with van der Waals surface area (Å²) in [6.07, 6.45) is 3.77. The summed E-state index contributed by atoms with van der Waals surface area (Å²) >= 11 is 0. The molecule has 0 bridgehead atoms. The van der Waals surface area contributed by atoms with E-state index in [0.717, 1.165) is 39.7 Å². The van der Waals surface area contributed by atoms with Gasteiger partial charge in [0, 0.05) is 28.9 Å². The topological polar surface area (TPSA) is 54.4 Å². The number of rotatable bonds is 2. The molecule has 1 atom stereocenters. The third-order valence-electron chi connectivity index (χ3n) is 4.17. The fourth-order valence-corrected chi connectivity index (χ4v) is 3.30. The maximum atomic E-state index is 13.5. The molecule has 3 rings (SSSR count). The molecule has 5 heteroatoms. The van der Waals surface area contributed by atoms with E-state index < -0.39 is 16.8 Å². The van der Waals surface area contributed by atoms with E-state index in [1.165, 1.54) is 11.6 Å². The van der Waals surface area contributed by atoms with Crippen LogP contribution >= 0.6 is 0 Å². The van der Waals surface area contributed by atoms with Crippen LogP contribution in [-0.2, 0) is 15.6 Å². The SMILES string of the molecule is CC(=O)O.CC1=C(C)c2cc(F)ccc2/C1=C\c1ccc(S(C)=O)cc1. The zero-order valence-electron chi connectivity index (χ0n) is 15.2. The van der Waals surface area contributed by atoms with Crippen LogP contribution in [0.3, 0.4) is 0 Å². The number of carboxylic acids is 1. The molecule has 0 spiro atoms. The third kappa shape index (κ3) is 4.55. The molecule has 1 aliphatic rings. The molecule has 0 radical (unpaired) electrons. The molecule has 0 saturated carbocycles. The average molecular weight is 372 g/mol. The standard InChI is InChI=1S/C19H17FOS.C2H4O2/c1-12-13(2)19-11-15(20)6-9-17(19)18(12)10-14-4-7-16(8-5-14)22(3)21;1-2(3)4/h4-11H,1-3H3;1H3,(H,3,4)/b18-10-;. The Kier molecular flexibility index (Phi) is 6.27. The molecule has 0 fully saturated rings. The van der Waals surface area contributed by atoms with Crippen molar-refractivity contribution in [1.82, 2.24) is 0 Å². The summed E-state index contributed by atoms with van der Waals surface area (Å²) in [6.45, 7) is 5.17. The smallest absolute Gasteiger partial charge is 0.300 e. The predicted octanol–water partition coefficient (Wildman–Crippen LogP) is 5.00. The highest BCUT2D eigenvalue weighted by Crippen LogP contribution is 2.41. The molecule has 0 aromatic heterocycles. The van der Waals surface area contributed by atoms with Crippen LogP contribution in [0.4, 0.5) is 4.39 Å². The molecule has 0 heterocycles. The maximum absolute atomic E-state index is 13.5. The van der Waals surface area contributed by atoms with Crippen molar-refractivity contribution in [2.24, 2.45) is 0 Å². The number of hydrogen-bond acceptors (Lipinski definition) is 2. The zero-order valence-corrected chi connectivity index (χ0v) is 16.0. The highest BCUT2D eigenvalue weighted by molar-refractivity contribution is 7.84. The zero-order chi connectivity index (χ0) is 19.4. The van der Waals surface area contributed by atoms with Crippen molar-refractivity contribution in [2.45, 2.75) is 25.7 Å². The Morgan fingerprint density at radius 2 is 1.62 bits per heavy atom. The van der Waals surface area contributed by atoms with Gasteiger partial charge < -0.3 is 5.11 Å². The second kappa shape index (κ2) is 8.23. The normalized spacial score (nSPS) is 15.3. The Bertz CT molecular complexity index is 921.